The van der Waals surface area contributed by atoms with Gasteiger partial charge in [-0.05, 0) is 54.7 Å². The van der Waals surface area contributed by atoms with Crippen molar-refractivity contribution in [1.82, 2.24) is 0 Å². The van der Waals surface area contributed by atoms with Crippen LogP contribution in [0.25, 0.3) is 0 Å². The van der Waals surface area contributed by atoms with Crippen LogP contribution in [0.15, 0.2) is 42.5 Å². The lowest BCUT2D eigenvalue weighted by molar-refractivity contribution is 0.465. The quantitative estimate of drug-likeness (QED) is 0.599. The molecule has 3 heteroatoms. The molecule has 1 N–H and O–H groups in total. The van der Waals surface area contributed by atoms with Gasteiger partial charge in [-0.25, -0.2) is 0 Å². The van der Waals surface area contributed by atoms with Crippen LogP contribution in [-0.4, -0.2) is 5.11 Å². The van der Waals surface area contributed by atoms with Crippen LogP contribution in [0.5, 0.6) is 11.5 Å². The molecule has 0 heterocycles. The maximum atomic E-state index is 9.53. The third kappa shape index (κ3) is 2.88. The van der Waals surface area contributed by atoms with E-state index < -0.39 is 0 Å². The molecule has 2 aromatic carbocycles. The van der Waals surface area contributed by atoms with Gasteiger partial charge in [0.2, 0.25) is 0 Å². The minimum atomic E-state index is -0.0480. The summed E-state index contributed by atoms with van der Waals surface area (Å²) in [5.41, 5.74) is 3.52. The average Bonchev–Trinajstić information content (AvgIpc) is 2.51. The van der Waals surface area contributed by atoms with Crippen LogP contribution in [0.1, 0.15) is 43.4 Å². The van der Waals surface area contributed by atoms with E-state index in [1.807, 2.05) is 25.1 Å². The first kappa shape index (κ1) is 15.8. The molecule has 112 valence electrons. The summed E-state index contributed by atoms with van der Waals surface area (Å²) in [6, 6.07) is 13.8. The molecular weight excluding hydrogens is 280 g/mol. The average molecular weight is 302 g/mol. The molecule has 0 aliphatic carbocycles. The first-order valence-corrected chi connectivity index (χ1v) is 7.66. The van der Waals surface area contributed by atoms with Gasteiger partial charge in [0.15, 0.2) is 0 Å². The summed E-state index contributed by atoms with van der Waals surface area (Å²) in [6.45, 7) is 6.44. The van der Waals surface area contributed by atoms with Gasteiger partial charge in [-0.15, -0.1) is 0 Å². The van der Waals surface area contributed by atoms with E-state index in [1.54, 1.807) is 12.1 Å². The van der Waals surface area contributed by atoms with Crippen LogP contribution in [-0.2, 0) is 5.41 Å². The lowest BCUT2D eigenvalue weighted by Gasteiger charge is -2.33. The highest BCUT2D eigenvalue weighted by Gasteiger charge is 2.31. The molecule has 0 amide bonds. The van der Waals surface area contributed by atoms with Crippen molar-refractivity contribution in [2.24, 2.45) is 0 Å². The van der Waals surface area contributed by atoms with Gasteiger partial charge in [0.05, 0.1) is 0 Å². The second kappa shape index (κ2) is 6.44. The molecule has 0 spiro atoms. The van der Waals surface area contributed by atoms with Crippen LogP contribution in [0.4, 0.5) is 0 Å². The Balaban J connectivity index is 2.56. The molecule has 0 aliphatic rings. The number of aromatic hydroxyl groups is 1. The summed E-state index contributed by atoms with van der Waals surface area (Å²) in [5.74, 6) is 1.09. The number of phenols is 1. The predicted molar refractivity (Wildman–Crippen MR) is 90.3 cm³/mol. The number of hydrogen-bond donors (Lipinski definition) is 2. The first-order valence-electron chi connectivity index (χ1n) is 7.29. The highest BCUT2D eigenvalue weighted by atomic mass is 32.1. The van der Waals surface area contributed by atoms with E-state index in [4.69, 9.17) is 4.18 Å². The largest absolute Gasteiger partial charge is 0.508 e. The third-order valence-electron chi connectivity index (χ3n) is 4.45. The Morgan fingerprint density at radius 2 is 1.57 bits per heavy atom. The van der Waals surface area contributed by atoms with Crippen LogP contribution >= 0.6 is 12.9 Å². The van der Waals surface area contributed by atoms with Crippen molar-refractivity contribution in [3.05, 3.63) is 59.2 Å². The van der Waals surface area contributed by atoms with Gasteiger partial charge in [0.25, 0.3) is 0 Å². The van der Waals surface area contributed by atoms with Gasteiger partial charge in [0.1, 0.15) is 11.5 Å². The van der Waals surface area contributed by atoms with Gasteiger partial charge >= 0.3 is 0 Å². The summed E-state index contributed by atoms with van der Waals surface area (Å²) in [6.07, 6.45) is 1.99. The Bertz CT molecular complexity index is 601. The minimum Gasteiger partial charge on any atom is -0.508 e. The summed E-state index contributed by atoms with van der Waals surface area (Å²) in [5, 5.41) is 9.53. The van der Waals surface area contributed by atoms with Crippen molar-refractivity contribution < 1.29 is 9.29 Å². The Hall–Kier alpha value is -1.61. The lowest BCUT2D eigenvalue weighted by atomic mass is 9.70. The van der Waals surface area contributed by atoms with Gasteiger partial charge in [-0.1, -0.05) is 38.1 Å². The molecule has 0 aromatic heterocycles. The van der Waals surface area contributed by atoms with E-state index in [0.717, 1.165) is 24.2 Å². The number of rotatable bonds is 5. The fourth-order valence-corrected chi connectivity index (χ4v) is 3.27. The molecule has 0 aliphatic heterocycles. The molecule has 0 saturated heterocycles. The number of benzene rings is 2. The number of aryl methyl sites for hydroxylation is 1. The third-order valence-corrected chi connectivity index (χ3v) is 4.65. The van der Waals surface area contributed by atoms with Crippen molar-refractivity contribution in [2.45, 2.75) is 39.0 Å². The number of phenolic OH excluding ortho intramolecular Hbond substituents is 1. The molecule has 21 heavy (non-hydrogen) atoms. The first-order chi connectivity index (χ1) is 10.1. The van der Waals surface area contributed by atoms with Crippen LogP contribution in [0.3, 0.4) is 0 Å². The standard InChI is InChI=1S/C18H22O2S/c1-4-18(5-2,14-6-9-16(19)10-7-14)15-8-11-17(20-21)13(3)12-15/h6-12,19,21H,4-5H2,1-3H3. The van der Waals surface area contributed by atoms with Gasteiger partial charge in [0, 0.05) is 18.3 Å². The fraction of sp³-hybridized carbons (Fsp3) is 0.333. The highest BCUT2D eigenvalue weighted by molar-refractivity contribution is 7.75. The van der Waals surface area contributed by atoms with E-state index in [-0.39, 0.29) is 5.41 Å². The SMILES string of the molecule is CCC(CC)(c1ccc(O)cc1)c1ccc(OS)c(C)c1. The maximum Gasteiger partial charge on any atom is 0.139 e. The molecule has 2 rings (SSSR count). The molecule has 0 fully saturated rings. The zero-order chi connectivity index (χ0) is 15.5. The molecule has 2 nitrogen and oxygen atoms in total. The number of hydrogen-bond acceptors (Lipinski definition) is 3. The van der Waals surface area contributed by atoms with Crippen molar-refractivity contribution in [1.29, 1.82) is 0 Å². The second-order valence-electron chi connectivity index (χ2n) is 5.41. The summed E-state index contributed by atoms with van der Waals surface area (Å²) < 4.78 is 5.06. The van der Waals surface area contributed by atoms with Gasteiger partial charge in [-0.2, -0.15) is 0 Å². The smallest absolute Gasteiger partial charge is 0.139 e. The molecule has 0 radical (unpaired) electrons. The predicted octanol–water partition coefficient (Wildman–Crippen LogP) is 5.03. The molecule has 0 saturated carbocycles. The fourth-order valence-electron chi connectivity index (χ4n) is 3.06. The molecular formula is C18H22O2S. The number of thiol groups is 1. The normalized spacial score (nSPS) is 11.4. The van der Waals surface area contributed by atoms with Crippen LogP contribution in [0, 0.1) is 6.92 Å². The Morgan fingerprint density at radius 1 is 1.00 bits per heavy atom. The van der Waals surface area contributed by atoms with Crippen molar-refractivity contribution in [2.75, 3.05) is 0 Å². The van der Waals surface area contributed by atoms with Gasteiger partial charge in [-0.3, -0.25) is 0 Å². The summed E-state index contributed by atoms with van der Waals surface area (Å²) in [4.78, 5) is 0. The molecule has 0 unspecified atom stereocenters. The summed E-state index contributed by atoms with van der Waals surface area (Å²) >= 11 is 3.89. The van der Waals surface area contributed by atoms with E-state index in [1.165, 1.54) is 11.1 Å². The van der Waals surface area contributed by atoms with Crippen LogP contribution < -0.4 is 4.18 Å². The van der Waals surface area contributed by atoms with E-state index in [2.05, 4.69) is 38.9 Å². The lowest BCUT2D eigenvalue weighted by Crippen LogP contribution is -2.26. The Kier molecular flexibility index (Phi) is 4.84. The van der Waals surface area contributed by atoms with E-state index in [0.29, 0.717) is 5.75 Å². The molecule has 2 aromatic rings. The van der Waals surface area contributed by atoms with Crippen molar-refractivity contribution >= 4 is 12.9 Å². The molecule has 0 atom stereocenters. The summed E-state index contributed by atoms with van der Waals surface area (Å²) in [7, 11) is 0. The van der Waals surface area contributed by atoms with Crippen LogP contribution in [0.2, 0.25) is 0 Å². The molecule has 0 bridgehead atoms. The Morgan fingerprint density at radius 3 is 2.05 bits per heavy atom. The highest BCUT2D eigenvalue weighted by Crippen LogP contribution is 2.40. The Labute approximate surface area is 132 Å². The monoisotopic (exact) mass is 302 g/mol. The zero-order valence-corrected chi connectivity index (χ0v) is 13.7. The van der Waals surface area contributed by atoms with Gasteiger partial charge < -0.3 is 9.29 Å². The topological polar surface area (TPSA) is 29.5 Å². The minimum absolute atomic E-state index is 0.0480. The van der Waals surface area contributed by atoms with E-state index >= 15 is 0 Å². The zero-order valence-electron chi connectivity index (χ0n) is 12.8. The van der Waals surface area contributed by atoms with Crippen molar-refractivity contribution in [3.63, 3.8) is 0 Å². The van der Waals surface area contributed by atoms with E-state index in [9.17, 15) is 5.11 Å². The van der Waals surface area contributed by atoms with Crippen molar-refractivity contribution in [3.8, 4) is 11.5 Å². The maximum absolute atomic E-state index is 9.53. The second-order valence-corrected chi connectivity index (χ2v) is 5.59.